The Hall–Kier alpha value is -3.07. The molecular weight excluding hydrogens is 370 g/mol. The first-order valence-corrected chi connectivity index (χ1v) is 10.8. The van der Waals surface area contributed by atoms with Crippen LogP contribution in [-0.4, -0.2) is 13.0 Å². The molecule has 3 aromatic rings. The average Bonchev–Trinajstić information content (AvgIpc) is 3.24. The summed E-state index contributed by atoms with van der Waals surface area (Å²) in [6.45, 7) is 0. The van der Waals surface area contributed by atoms with E-state index in [1.165, 1.54) is 11.1 Å². The van der Waals surface area contributed by atoms with Crippen molar-refractivity contribution in [3.05, 3.63) is 96.1 Å². The summed E-state index contributed by atoms with van der Waals surface area (Å²) in [6, 6.07) is 29.1. The number of ether oxygens (including phenoxy) is 1. The van der Waals surface area contributed by atoms with Crippen LogP contribution in [0.2, 0.25) is 0 Å². The van der Waals surface area contributed by atoms with Crippen molar-refractivity contribution in [1.82, 2.24) is 0 Å². The third-order valence-corrected chi connectivity index (χ3v) is 6.91. The third-order valence-electron chi connectivity index (χ3n) is 6.91. The van der Waals surface area contributed by atoms with E-state index in [1.54, 1.807) is 7.11 Å². The second kappa shape index (κ2) is 7.64. The van der Waals surface area contributed by atoms with Gasteiger partial charge in [0.15, 0.2) is 0 Å². The van der Waals surface area contributed by atoms with Crippen LogP contribution < -0.4 is 9.64 Å². The maximum absolute atomic E-state index is 13.6. The highest BCUT2D eigenvalue weighted by Gasteiger charge is 2.63. The highest BCUT2D eigenvalue weighted by molar-refractivity contribution is 6.06. The smallest absolute Gasteiger partial charge is 0.236 e. The zero-order valence-corrected chi connectivity index (χ0v) is 17.3. The molecule has 0 N–H and O–H groups in total. The molecule has 0 radical (unpaired) electrons. The number of carbonyl (C=O) groups excluding carboxylic acids is 1. The topological polar surface area (TPSA) is 29.5 Å². The van der Waals surface area contributed by atoms with Crippen LogP contribution in [-0.2, 0) is 11.2 Å². The van der Waals surface area contributed by atoms with E-state index >= 15 is 0 Å². The summed E-state index contributed by atoms with van der Waals surface area (Å²) >= 11 is 0. The highest BCUT2D eigenvalue weighted by atomic mass is 16.5. The Morgan fingerprint density at radius 2 is 1.60 bits per heavy atom. The molecule has 2 aliphatic rings. The fourth-order valence-electron chi connectivity index (χ4n) is 5.51. The van der Waals surface area contributed by atoms with Crippen molar-refractivity contribution in [2.24, 2.45) is 11.3 Å². The summed E-state index contributed by atoms with van der Waals surface area (Å²) in [4.78, 5) is 15.6. The molecule has 3 heteroatoms. The SMILES string of the molecule is COc1ccc([C@H]2N(c3ccccc3)C(=O)[C@]23CCC(Cc2ccccc2)C3)cc1. The van der Waals surface area contributed by atoms with Gasteiger partial charge in [0.2, 0.25) is 5.91 Å². The number of hydrogen-bond acceptors (Lipinski definition) is 2. The minimum atomic E-state index is -0.288. The van der Waals surface area contributed by atoms with Crippen molar-refractivity contribution >= 4 is 11.6 Å². The minimum Gasteiger partial charge on any atom is -0.497 e. The summed E-state index contributed by atoms with van der Waals surface area (Å²) < 4.78 is 5.35. The van der Waals surface area contributed by atoms with E-state index in [-0.39, 0.29) is 17.4 Å². The van der Waals surface area contributed by atoms with Gasteiger partial charge >= 0.3 is 0 Å². The fourth-order valence-corrected chi connectivity index (χ4v) is 5.51. The van der Waals surface area contributed by atoms with Crippen LogP contribution in [0.4, 0.5) is 5.69 Å². The summed E-state index contributed by atoms with van der Waals surface area (Å²) in [7, 11) is 1.69. The van der Waals surface area contributed by atoms with Crippen molar-refractivity contribution < 1.29 is 9.53 Å². The third kappa shape index (κ3) is 3.09. The molecule has 1 aliphatic carbocycles. The average molecular weight is 398 g/mol. The quantitative estimate of drug-likeness (QED) is 0.508. The van der Waals surface area contributed by atoms with E-state index in [9.17, 15) is 4.79 Å². The van der Waals surface area contributed by atoms with Crippen LogP contribution in [0.1, 0.15) is 36.4 Å². The molecule has 3 aromatic carbocycles. The first-order valence-electron chi connectivity index (χ1n) is 10.8. The maximum atomic E-state index is 13.6. The van der Waals surface area contributed by atoms with Crippen LogP contribution in [0.3, 0.4) is 0 Å². The van der Waals surface area contributed by atoms with Gasteiger partial charge in [-0.1, -0.05) is 60.7 Å². The van der Waals surface area contributed by atoms with Gasteiger partial charge in [-0.05, 0) is 67.0 Å². The lowest BCUT2D eigenvalue weighted by Gasteiger charge is -2.55. The van der Waals surface area contributed by atoms with E-state index in [0.29, 0.717) is 5.92 Å². The molecule has 1 saturated heterocycles. The molecule has 30 heavy (non-hydrogen) atoms. The van der Waals surface area contributed by atoms with Crippen molar-refractivity contribution in [2.75, 3.05) is 12.0 Å². The monoisotopic (exact) mass is 397 g/mol. The van der Waals surface area contributed by atoms with Crippen LogP contribution in [0.25, 0.3) is 0 Å². The van der Waals surface area contributed by atoms with Crippen LogP contribution in [0.5, 0.6) is 5.75 Å². The Morgan fingerprint density at radius 3 is 2.27 bits per heavy atom. The number of nitrogens with zero attached hydrogens (tertiary/aromatic N) is 1. The number of anilines is 1. The van der Waals surface area contributed by atoms with Crippen LogP contribution in [0.15, 0.2) is 84.9 Å². The molecule has 1 amide bonds. The number of hydrogen-bond donors (Lipinski definition) is 0. The standard InChI is InChI=1S/C27H27NO2/c1-30-24-14-12-22(13-15-24)25-27(26(29)28(25)23-10-6-3-7-11-23)17-16-21(19-27)18-20-8-4-2-5-9-20/h2-15,21,25H,16-19H2,1H3/t21?,25-,27+/m1/s1. The van der Waals surface area contributed by atoms with E-state index in [4.69, 9.17) is 4.74 Å². The Labute approximate surface area is 178 Å². The Balaban J connectivity index is 1.46. The number of carbonyl (C=O) groups is 1. The summed E-state index contributed by atoms with van der Waals surface area (Å²) in [5.41, 5.74) is 3.26. The first-order chi connectivity index (χ1) is 14.7. The van der Waals surface area contributed by atoms with Gasteiger partial charge in [0.25, 0.3) is 0 Å². The summed E-state index contributed by atoms with van der Waals surface area (Å²) in [5.74, 6) is 1.68. The van der Waals surface area contributed by atoms with E-state index in [0.717, 1.165) is 37.1 Å². The molecule has 152 valence electrons. The van der Waals surface area contributed by atoms with E-state index < -0.39 is 0 Å². The molecule has 3 atom stereocenters. The molecule has 1 spiro atoms. The molecule has 5 rings (SSSR count). The molecule has 3 nitrogen and oxygen atoms in total. The molecule has 1 heterocycles. The van der Waals surface area contributed by atoms with Crippen molar-refractivity contribution in [3.63, 3.8) is 0 Å². The Kier molecular flexibility index (Phi) is 4.82. The van der Waals surface area contributed by atoms with Crippen LogP contribution in [0, 0.1) is 11.3 Å². The molecule has 1 aliphatic heterocycles. The van der Waals surface area contributed by atoms with Gasteiger partial charge in [-0.3, -0.25) is 4.79 Å². The van der Waals surface area contributed by atoms with E-state index in [1.807, 2.05) is 47.4 Å². The molecule has 0 bridgehead atoms. The molecule has 1 saturated carbocycles. The van der Waals surface area contributed by atoms with Crippen molar-refractivity contribution in [3.8, 4) is 5.75 Å². The molecular formula is C27H27NO2. The number of para-hydroxylation sites is 1. The Morgan fingerprint density at radius 1 is 0.933 bits per heavy atom. The second-order valence-electron chi connectivity index (χ2n) is 8.64. The predicted octanol–water partition coefficient (Wildman–Crippen LogP) is 5.81. The molecule has 0 aromatic heterocycles. The predicted molar refractivity (Wildman–Crippen MR) is 120 cm³/mol. The molecule has 2 fully saturated rings. The largest absolute Gasteiger partial charge is 0.497 e. The molecule has 1 unspecified atom stereocenters. The lowest BCUT2D eigenvalue weighted by Crippen LogP contribution is -2.62. The van der Waals surface area contributed by atoms with Gasteiger partial charge in [0.05, 0.1) is 18.6 Å². The number of β-lactam (4-membered cyclic amide) rings is 1. The zero-order valence-electron chi connectivity index (χ0n) is 17.3. The first kappa shape index (κ1) is 18.9. The lowest BCUT2D eigenvalue weighted by atomic mass is 9.65. The van der Waals surface area contributed by atoms with Gasteiger partial charge in [0, 0.05) is 5.69 Å². The van der Waals surface area contributed by atoms with Gasteiger partial charge in [-0.25, -0.2) is 0 Å². The second-order valence-corrected chi connectivity index (χ2v) is 8.64. The van der Waals surface area contributed by atoms with Crippen LogP contribution >= 0.6 is 0 Å². The van der Waals surface area contributed by atoms with Crippen molar-refractivity contribution in [2.45, 2.75) is 31.7 Å². The van der Waals surface area contributed by atoms with Gasteiger partial charge in [-0.2, -0.15) is 0 Å². The number of benzene rings is 3. The number of amides is 1. The maximum Gasteiger partial charge on any atom is 0.236 e. The lowest BCUT2D eigenvalue weighted by molar-refractivity contribution is -0.140. The van der Waals surface area contributed by atoms with E-state index in [2.05, 4.69) is 42.5 Å². The Bertz CT molecular complexity index is 1020. The van der Waals surface area contributed by atoms with Crippen molar-refractivity contribution in [1.29, 1.82) is 0 Å². The minimum absolute atomic E-state index is 0.0825. The number of methoxy groups -OCH3 is 1. The fraction of sp³-hybridized carbons (Fsp3) is 0.296. The van der Waals surface area contributed by atoms with Gasteiger partial charge in [0.1, 0.15) is 5.75 Å². The zero-order chi connectivity index (χ0) is 20.6. The summed E-state index contributed by atoms with van der Waals surface area (Å²) in [6.07, 6.45) is 4.08. The van der Waals surface area contributed by atoms with Gasteiger partial charge in [-0.15, -0.1) is 0 Å². The van der Waals surface area contributed by atoms with Gasteiger partial charge < -0.3 is 9.64 Å². The summed E-state index contributed by atoms with van der Waals surface area (Å²) in [5, 5.41) is 0. The normalized spacial score (nSPS) is 25.4. The number of rotatable bonds is 5. The highest BCUT2D eigenvalue weighted by Crippen LogP contribution is 2.61.